The molecule has 94 valence electrons. The van der Waals surface area contributed by atoms with Gasteiger partial charge in [-0.3, -0.25) is 0 Å². The van der Waals surface area contributed by atoms with Gasteiger partial charge in [-0.25, -0.2) is 0 Å². The van der Waals surface area contributed by atoms with Crippen molar-refractivity contribution in [2.45, 2.75) is 19.4 Å². The number of anilines is 1. The molecule has 1 aliphatic rings. The van der Waals surface area contributed by atoms with Gasteiger partial charge in [-0.15, -0.1) is 0 Å². The molecule has 0 bridgehead atoms. The summed E-state index contributed by atoms with van der Waals surface area (Å²) in [6.07, 6.45) is 1.21. The van der Waals surface area contributed by atoms with Crippen molar-refractivity contribution in [2.75, 3.05) is 38.1 Å². The van der Waals surface area contributed by atoms with Gasteiger partial charge in [0.05, 0.1) is 6.04 Å². The summed E-state index contributed by atoms with van der Waals surface area (Å²) in [7, 11) is 2.18. The van der Waals surface area contributed by atoms with Crippen LogP contribution in [0.4, 0.5) is 5.69 Å². The molecule has 1 unspecified atom stereocenters. The van der Waals surface area contributed by atoms with E-state index in [-0.39, 0.29) is 0 Å². The lowest BCUT2D eigenvalue weighted by atomic mass is 10.1. The molecule has 1 fully saturated rings. The van der Waals surface area contributed by atoms with Crippen molar-refractivity contribution in [2.24, 2.45) is 5.73 Å². The van der Waals surface area contributed by atoms with Crippen molar-refractivity contribution >= 4 is 5.69 Å². The maximum atomic E-state index is 5.94. The van der Waals surface area contributed by atoms with Crippen LogP contribution in [0.3, 0.4) is 0 Å². The zero-order valence-electron chi connectivity index (χ0n) is 10.9. The summed E-state index contributed by atoms with van der Waals surface area (Å²) in [5.74, 6) is 0. The van der Waals surface area contributed by atoms with Crippen molar-refractivity contribution in [1.82, 2.24) is 4.90 Å². The molecule has 1 atom stereocenters. The molecule has 1 aromatic rings. The Morgan fingerprint density at radius 3 is 2.76 bits per heavy atom. The standard InChI is InChI=1S/C14H23N3/c1-12-6-3-4-7-14(12)17-9-5-8-16(2)11-13(17)10-15/h3-4,6-7,13H,5,8-11,15H2,1-2H3. The molecule has 0 radical (unpaired) electrons. The maximum absolute atomic E-state index is 5.94. The number of nitrogens with two attached hydrogens (primary N) is 1. The summed E-state index contributed by atoms with van der Waals surface area (Å²) in [4.78, 5) is 4.87. The second kappa shape index (κ2) is 5.52. The van der Waals surface area contributed by atoms with Crippen LogP contribution in [0.1, 0.15) is 12.0 Å². The van der Waals surface area contributed by atoms with E-state index in [1.54, 1.807) is 0 Å². The summed E-state index contributed by atoms with van der Waals surface area (Å²) >= 11 is 0. The van der Waals surface area contributed by atoms with E-state index in [1.807, 2.05) is 0 Å². The molecular formula is C14H23N3. The summed E-state index contributed by atoms with van der Waals surface area (Å²) < 4.78 is 0. The molecule has 0 aliphatic carbocycles. The first-order valence-corrected chi connectivity index (χ1v) is 6.43. The quantitative estimate of drug-likeness (QED) is 0.839. The fourth-order valence-corrected chi connectivity index (χ4v) is 2.65. The number of rotatable bonds is 2. The van der Waals surface area contributed by atoms with Crippen LogP contribution in [0.25, 0.3) is 0 Å². The topological polar surface area (TPSA) is 32.5 Å². The lowest BCUT2D eigenvalue weighted by molar-refractivity contribution is 0.332. The highest BCUT2D eigenvalue weighted by Gasteiger charge is 2.23. The first-order valence-electron chi connectivity index (χ1n) is 6.43. The fraction of sp³-hybridized carbons (Fsp3) is 0.571. The van der Waals surface area contributed by atoms with E-state index >= 15 is 0 Å². The Morgan fingerprint density at radius 1 is 1.29 bits per heavy atom. The average molecular weight is 233 g/mol. The van der Waals surface area contributed by atoms with Crippen molar-refractivity contribution < 1.29 is 0 Å². The Hall–Kier alpha value is -1.06. The minimum atomic E-state index is 0.434. The Bertz CT molecular complexity index is 364. The lowest BCUT2D eigenvalue weighted by Crippen LogP contribution is -2.45. The Kier molecular flexibility index (Phi) is 4.02. The van der Waals surface area contributed by atoms with E-state index in [0.717, 1.165) is 19.6 Å². The van der Waals surface area contributed by atoms with Crippen LogP contribution in [0.2, 0.25) is 0 Å². The lowest BCUT2D eigenvalue weighted by Gasteiger charge is -2.33. The van der Waals surface area contributed by atoms with Crippen molar-refractivity contribution in [3.05, 3.63) is 29.8 Å². The second-order valence-corrected chi connectivity index (χ2v) is 4.99. The molecule has 1 saturated heterocycles. The van der Waals surface area contributed by atoms with E-state index in [1.165, 1.54) is 24.2 Å². The van der Waals surface area contributed by atoms with Crippen LogP contribution in [-0.2, 0) is 0 Å². The van der Waals surface area contributed by atoms with Gasteiger partial charge in [0, 0.05) is 25.3 Å². The SMILES string of the molecule is Cc1ccccc1N1CCCN(C)CC1CN. The third kappa shape index (κ3) is 2.79. The number of hydrogen-bond acceptors (Lipinski definition) is 3. The van der Waals surface area contributed by atoms with Crippen molar-refractivity contribution in [3.63, 3.8) is 0 Å². The Morgan fingerprint density at radius 2 is 2.06 bits per heavy atom. The molecule has 3 heteroatoms. The largest absolute Gasteiger partial charge is 0.366 e. The highest BCUT2D eigenvalue weighted by molar-refractivity contribution is 5.54. The van der Waals surface area contributed by atoms with Crippen LogP contribution in [0, 0.1) is 6.92 Å². The summed E-state index contributed by atoms with van der Waals surface area (Å²) in [6, 6.07) is 9.04. The summed E-state index contributed by atoms with van der Waals surface area (Å²) in [6.45, 7) is 6.23. The van der Waals surface area contributed by atoms with Gasteiger partial charge in [-0.2, -0.15) is 0 Å². The van der Waals surface area contributed by atoms with Gasteiger partial charge < -0.3 is 15.5 Å². The Balaban J connectivity index is 2.25. The van der Waals surface area contributed by atoms with Crippen LogP contribution >= 0.6 is 0 Å². The predicted molar refractivity (Wildman–Crippen MR) is 73.5 cm³/mol. The molecule has 17 heavy (non-hydrogen) atoms. The number of benzene rings is 1. The van der Waals surface area contributed by atoms with Crippen LogP contribution in [0.5, 0.6) is 0 Å². The predicted octanol–water partition coefficient (Wildman–Crippen LogP) is 1.46. The minimum Gasteiger partial charge on any atom is -0.366 e. The highest BCUT2D eigenvalue weighted by Crippen LogP contribution is 2.23. The van der Waals surface area contributed by atoms with Gasteiger partial charge in [0.25, 0.3) is 0 Å². The van der Waals surface area contributed by atoms with E-state index in [9.17, 15) is 0 Å². The van der Waals surface area contributed by atoms with Crippen molar-refractivity contribution in [3.8, 4) is 0 Å². The first kappa shape index (κ1) is 12.4. The molecule has 1 aromatic carbocycles. The number of para-hydroxylation sites is 1. The average Bonchev–Trinajstić information content (AvgIpc) is 2.51. The molecule has 0 spiro atoms. The molecule has 0 amide bonds. The smallest absolute Gasteiger partial charge is 0.0539 e. The molecule has 2 rings (SSSR count). The van der Waals surface area contributed by atoms with Gasteiger partial charge >= 0.3 is 0 Å². The number of aryl methyl sites for hydroxylation is 1. The van der Waals surface area contributed by atoms with Gasteiger partial charge in [-0.1, -0.05) is 18.2 Å². The van der Waals surface area contributed by atoms with Gasteiger partial charge in [0.1, 0.15) is 0 Å². The van der Waals surface area contributed by atoms with E-state index in [0.29, 0.717) is 6.04 Å². The summed E-state index contributed by atoms with van der Waals surface area (Å²) in [5.41, 5.74) is 8.63. The number of hydrogen-bond donors (Lipinski definition) is 1. The molecule has 0 saturated carbocycles. The van der Waals surface area contributed by atoms with Crippen LogP contribution in [-0.4, -0.2) is 44.2 Å². The fourth-order valence-electron chi connectivity index (χ4n) is 2.65. The molecule has 1 heterocycles. The zero-order chi connectivity index (χ0) is 12.3. The van der Waals surface area contributed by atoms with Gasteiger partial charge in [0.2, 0.25) is 0 Å². The molecule has 1 aliphatic heterocycles. The third-order valence-corrected chi connectivity index (χ3v) is 3.60. The van der Waals surface area contributed by atoms with Gasteiger partial charge in [0.15, 0.2) is 0 Å². The minimum absolute atomic E-state index is 0.434. The number of likely N-dealkylation sites (N-methyl/N-ethyl adjacent to an activating group) is 1. The van der Waals surface area contributed by atoms with Gasteiger partial charge in [-0.05, 0) is 38.6 Å². The van der Waals surface area contributed by atoms with E-state index in [4.69, 9.17) is 5.73 Å². The van der Waals surface area contributed by atoms with Crippen LogP contribution in [0.15, 0.2) is 24.3 Å². The Labute approximate surface area is 104 Å². The second-order valence-electron chi connectivity index (χ2n) is 4.99. The van der Waals surface area contributed by atoms with Crippen molar-refractivity contribution in [1.29, 1.82) is 0 Å². The monoisotopic (exact) mass is 233 g/mol. The zero-order valence-corrected chi connectivity index (χ0v) is 10.9. The molecule has 0 aromatic heterocycles. The molecule has 2 N–H and O–H groups in total. The van der Waals surface area contributed by atoms with Crippen LogP contribution < -0.4 is 10.6 Å². The molecule has 3 nitrogen and oxygen atoms in total. The van der Waals surface area contributed by atoms with E-state index in [2.05, 4.69) is 48.0 Å². The normalized spacial score (nSPS) is 22.5. The van der Waals surface area contributed by atoms with E-state index < -0.39 is 0 Å². The highest BCUT2D eigenvalue weighted by atomic mass is 15.2. The molecular weight excluding hydrogens is 210 g/mol. The number of nitrogens with zero attached hydrogens (tertiary/aromatic N) is 2. The first-order chi connectivity index (χ1) is 8.22. The summed E-state index contributed by atoms with van der Waals surface area (Å²) in [5, 5.41) is 0. The third-order valence-electron chi connectivity index (χ3n) is 3.60. The maximum Gasteiger partial charge on any atom is 0.0539 e.